The third kappa shape index (κ3) is 1.06. The second-order valence-electron chi connectivity index (χ2n) is 3.51. The maximum Gasteiger partial charge on any atom is 0.206 e. The second-order valence-corrected chi connectivity index (χ2v) is 3.51. The Kier molecular flexibility index (Phi) is 1.47. The molecule has 0 aromatic carbocycles. The number of hydrogen-bond acceptors (Lipinski definition) is 7. The van der Waals surface area contributed by atoms with Crippen LogP contribution in [-0.4, -0.2) is 26.3 Å². The molecule has 8 heteroatoms. The summed E-state index contributed by atoms with van der Waals surface area (Å²) in [6, 6.07) is 3.63. The molecular weight excluding hydrogens is 222 g/mol. The molecule has 2 aliphatic heterocycles. The van der Waals surface area contributed by atoms with Gasteiger partial charge in [0.25, 0.3) is 0 Å². The fourth-order valence-corrected chi connectivity index (χ4v) is 1.82. The first kappa shape index (κ1) is 8.50. The number of fused-ring (bicyclic) bond motifs is 3. The van der Waals surface area contributed by atoms with Crippen molar-refractivity contribution in [2.45, 2.75) is 6.17 Å². The fourth-order valence-electron chi connectivity index (χ4n) is 1.82. The van der Waals surface area contributed by atoms with E-state index >= 15 is 0 Å². The number of aromatic nitrogens is 3. The topological polar surface area (TPSA) is 93.3 Å². The molecule has 0 saturated carbocycles. The van der Waals surface area contributed by atoms with Crippen molar-refractivity contribution < 1.29 is 4.42 Å². The molecule has 0 fully saturated rings. The van der Waals surface area contributed by atoms with Crippen molar-refractivity contribution in [2.75, 3.05) is 0 Å². The van der Waals surface area contributed by atoms with Crippen LogP contribution in [0.2, 0.25) is 0 Å². The van der Waals surface area contributed by atoms with Gasteiger partial charge < -0.3 is 4.42 Å². The predicted molar refractivity (Wildman–Crippen MR) is 55.7 cm³/mol. The van der Waals surface area contributed by atoms with Crippen LogP contribution in [0.1, 0.15) is 17.8 Å². The van der Waals surface area contributed by atoms with Gasteiger partial charge in [-0.15, -0.1) is 10.2 Å². The molecule has 0 bridgehead atoms. The average Bonchev–Trinajstić information content (AvgIpc) is 3.09. The number of furan rings is 1. The normalized spacial score (nSPS) is 20.8. The molecule has 0 amide bonds. The lowest BCUT2D eigenvalue weighted by Crippen LogP contribution is -2.27. The maximum atomic E-state index is 5.34. The largest absolute Gasteiger partial charge is 0.465 e. The Bertz CT molecular complexity index is 663. The van der Waals surface area contributed by atoms with E-state index in [4.69, 9.17) is 4.42 Å². The number of rotatable bonds is 1. The summed E-state index contributed by atoms with van der Waals surface area (Å²) in [6.07, 6.45) is 2.64. The Hall–Kier alpha value is -2.64. The zero-order valence-electron chi connectivity index (χ0n) is 8.43. The molecule has 2 aromatic rings. The summed E-state index contributed by atoms with van der Waals surface area (Å²) >= 11 is 0. The van der Waals surface area contributed by atoms with E-state index in [0.29, 0.717) is 23.1 Å². The summed E-state index contributed by atoms with van der Waals surface area (Å²) in [5.41, 5.74) is 0.547. The van der Waals surface area contributed by atoms with E-state index < -0.39 is 6.17 Å². The van der Waals surface area contributed by atoms with Gasteiger partial charge in [-0.2, -0.15) is 5.10 Å². The first-order valence-electron chi connectivity index (χ1n) is 4.93. The highest BCUT2D eigenvalue weighted by Gasteiger charge is 2.33. The minimum atomic E-state index is -0.395. The molecule has 1 unspecified atom stereocenters. The Morgan fingerprint density at radius 1 is 1.35 bits per heavy atom. The highest BCUT2D eigenvalue weighted by atomic mass is 16.3. The van der Waals surface area contributed by atoms with Gasteiger partial charge in [-0.25, -0.2) is 14.7 Å². The smallest absolute Gasteiger partial charge is 0.206 e. The zero-order valence-corrected chi connectivity index (χ0v) is 8.43. The van der Waals surface area contributed by atoms with Crippen molar-refractivity contribution in [3.63, 3.8) is 0 Å². The highest BCUT2D eigenvalue weighted by molar-refractivity contribution is 6.48. The standard InChI is InChI=1S/C9H5N7O/c1-2-5(17-3-1)8-12-7-6(13-15-14-7)9-10-4-11-16(8)9/h1-4,8H. The fraction of sp³-hybridized carbons (Fsp3) is 0.111. The SMILES string of the molecule is c1coc(C2N=C3N=NN=C3c3ncnn32)c1. The molecule has 82 valence electrons. The Morgan fingerprint density at radius 2 is 2.35 bits per heavy atom. The lowest BCUT2D eigenvalue weighted by atomic mass is 10.2. The van der Waals surface area contributed by atoms with Gasteiger partial charge in [0, 0.05) is 0 Å². The van der Waals surface area contributed by atoms with Crippen molar-refractivity contribution in [2.24, 2.45) is 20.4 Å². The van der Waals surface area contributed by atoms with Crippen molar-refractivity contribution in [1.82, 2.24) is 14.8 Å². The average molecular weight is 227 g/mol. The van der Waals surface area contributed by atoms with Crippen LogP contribution in [-0.2, 0) is 0 Å². The van der Waals surface area contributed by atoms with Crippen LogP contribution in [0.4, 0.5) is 0 Å². The number of aliphatic imine (C=N–C) groups is 1. The van der Waals surface area contributed by atoms with Gasteiger partial charge >= 0.3 is 0 Å². The van der Waals surface area contributed by atoms with E-state index in [1.165, 1.54) is 6.33 Å². The van der Waals surface area contributed by atoms with Gasteiger partial charge in [0.1, 0.15) is 6.33 Å². The molecule has 4 heterocycles. The second kappa shape index (κ2) is 2.94. The van der Waals surface area contributed by atoms with Crippen molar-refractivity contribution >= 4 is 11.5 Å². The molecule has 0 saturated heterocycles. The van der Waals surface area contributed by atoms with Crippen molar-refractivity contribution in [3.05, 3.63) is 36.3 Å². The van der Waals surface area contributed by atoms with E-state index in [-0.39, 0.29) is 0 Å². The summed E-state index contributed by atoms with van der Waals surface area (Å²) < 4.78 is 6.98. The summed E-state index contributed by atoms with van der Waals surface area (Å²) in [5, 5.41) is 15.4. The summed E-state index contributed by atoms with van der Waals surface area (Å²) in [6.45, 7) is 0. The van der Waals surface area contributed by atoms with E-state index in [2.05, 4.69) is 30.5 Å². The molecule has 0 aliphatic carbocycles. The zero-order chi connectivity index (χ0) is 11.2. The van der Waals surface area contributed by atoms with E-state index in [9.17, 15) is 0 Å². The van der Waals surface area contributed by atoms with Crippen LogP contribution in [0, 0.1) is 0 Å². The third-order valence-electron chi connectivity index (χ3n) is 2.55. The summed E-state index contributed by atoms with van der Waals surface area (Å²) in [5.74, 6) is 1.73. The van der Waals surface area contributed by atoms with E-state index in [1.54, 1.807) is 17.0 Å². The van der Waals surface area contributed by atoms with E-state index in [0.717, 1.165) is 0 Å². The Morgan fingerprint density at radius 3 is 3.24 bits per heavy atom. The van der Waals surface area contributed by atoms with Crippen LogP contribution in [0.25, 0.3) is 0 Å². The Balaban J connectivity index is 1.95. The monoisotopic (exact) mass is 227 g/mol. The van der Waals surface area contributed by atoms with Crippen molar-refractivity contribution in [3.8, 4) is 0 Å². The van der Waals surface area contributed by atoms with Crippen molar-refractivity contribution in [1.29, 1.82) is 0 Å². The molecule has 0 spiro atoms. The Labute approximate surface area is 94.4 Å². The van der Waals surface area contributed by atoms with Gasteiger partial charge in [-0.05, 0) is 17.4 Å². The first-order chi connectivity index (χ1) is 8.43. The van der Waals surface area contributed by atoms with Crippen LogP contribution in [0.5, 0.6) is 0 Å². The molecule has 17 heavy (non-hydrogen) atoms. The van der Waals surface area contributed by atoms with Gasteiger partial charge in [0.15, 0.2) is 17.3 Å². The quantitative estimate of drug-likeness (QED) is 0.727. The number of amidine groups is 1. The predicted octanol–water partition coefficient (Wildman–Crippen LogP) is 1.000. The molecule has 0 N–H and O–H groups in total. The molecule has 2 aliphatic rings. The molecule has 4 rings (SSSR count). The number of nitrogens with zero attached hydrogens (tertiary/aromatic N) is 7. The third-order valence-corrected chi connectivity index (χ3v) is 2.55. The van der Waals surface area contributed by atoms with Crippen LogP contribution in [0.15, 0.2) is 49.6 Å². The van der Waals surface area contributed by atoms with Crippen LogP contribution in [0.3, 0.4) is 0 Å². The minimum absolute atomic E-state index is 0.395. The molecular formula is C9H5N7O. The maximum absolute atomic E-state index is 5.34. The molecule has 0 radical (unpaired) electrons. The van der Waals surface area contributed by atoms with Gasteiger partial charge in [0.05, 0.1) is 6.26 Å². The summed E-state index contributed by atoms with van der Waals surface area (Å²) in [4.78, 5) is 8.53. The van der Waals surface area contributed by atoms with Gasteiger partial charge in [-0.3, -0.25) is 0 Å². The van der Waals surface area contributed by atoms with Gasteiger partial charge in [0.2, 0.25) is 12.0 Å². The molecule has 1 atom stereocenters. The summed E-state index contributed by atoms with van der Waals surface area (Å²) in [7, 11) is 0. The molecule has 2 aromatic heterocycles. The highest BCUT2D eigenvalue weighted by Crippen LogP contribution is 2.26. The van der Waals surface area contributed by atoms with E-state index in [1.807, 2.05) is 6.07 Å². The minimum Gasteiger partial charge on any atom is -0.465 e. The van der Waals surface area contributed by atoms with Crippen LogP contribution >= 0.6 is 0 Å². The number of hydrogen-bond donors (Lipinski definition) is 0. The lowest BCUT2D eigenvalue weighted by Gasteiger charge is -2.17. The van der Waals surface area contributed by atoms with Crippen LogP contribution < -0.4 is 0 Å². The first-order valence-corrected chi connectivity index (χ1v) is 4.93. The lowest BCUT2D eigenvalue weighted by molar-refractivity contribution is 0.411. The van der Waals surface area contributed by atoms with Gasteiger partial charge in [-0.1, -0.05) is 0 Å². The molecule has 8 nitrogen and oxygen atoms in total.